The average molecular weight is 428 g/mol. The van der Waals surface area contributed by atoms with Crippen molar-refractivity contribution in [2.24, 2.45) is 11.8 Å². The molecule has 1 fully saturated rings. The molecule has 1 rings (SSSR count). The summed E-state index contributed by atoms with van der Waals surface area (Å²) in [5, 5.41) is 2.92. The molecular weight excluding hydrogens is 378 g/mol. The molecule has 0 bridgehead atoms. The number of carbonyl (C=O) groups excluding carboxylic acids is 3. The van der Waals surface area contributed by atoms with Crippen molar-refractivity contribution in [3.05, 3.63) is 0 Å². The van der Waals surface area contributed by atoms with Gasteiger partial charge in [-0.1, -0.05) is 61.3 Å². The van der Waals surface area contributed by atoms with Crippen molar-refractivity contribution in [2.75, 3.05) is 20.1 Å². The SMILES string of the molecule is CC.CCCCNC(=O)N1CCC[C@H]1C(=O)N(C)[C@H](CC(C)C)C(=O)C(C)CCC.[HH]. The number of rotatable bonds is 11. The van der Waals surface area contributed by atoms with Gasteiger partial charge in [-0.3, -0.25) is 9.59 Å². The fourth-order valence-electron chi connectivity index (χ4n) is 3.94. The predicted molar refractivity (Wildman–Crippen MR) is 127 cm³/mol. The Morgan fingerprint density at radius 3 is 2.30 bits per heavy atom. The summed E-state index contributed by atoms with van der Waals surface area (Å²) in [7, 11) is 1.73. The summed E-state index contributed by atoms with van der Waals surface area (Å²) in [6, 6.07) is -1.04. The van der Waals surface area contributed by atoms with E-state index >= 15 is 0 Å². The summed E-state index contributed by atoms with van der Waals surface area (Å²) in [5.41, 5.74) is 0. The van der Waals surface area contributed by atoms with Crippen LogP contribution >= 0.6 is 0 Å². The molecule has 0 saturated carbocycles. The summed E-state index contributed by atoms with van der Waals surface area (Å²) >= 11 is 0. The van der Waals surface area contributed by atoms with Crippen LogP contribution < -0.4 is 5.32 Å². The van der Waals surface area contributed by atoms with E-state index in [1.54, 1.807) is 16.8 Å². The second-order valence-corrected chi connectivity index (χ2v) is 8.62. The minimum atomic E-state index is -0.462. The summed E-state index contributed by atoms with van der Waals surface area (Å²) in [4.78, 5) is 42.1. The van der Waals surface area contributed by atoms with Gasteiger partial charge in [0.05, 0.1) is 6.04 Å². The number of Topliss-reactive ketones (excluding diaryl/α,β-unsaturated/α-hetero) is 1. The molecule has 1 saturated heterocycles. The van der Waals surface area contributed by atoms with Crippen molar-refractivity contribution in [1.29, 1.82) is 0 Å². The highest BCUT2D eigenvalue weighted by Crippen LogP contribution is 2.23. The van der Waals surface area contributed by atoms with Crippen LogP contribution in [0, 0.1) is 11.8 Å². The third-order valence-corrected chi connectivity index (χ3v) is 5.65. The van der Waals surface area contributed by atoms with E-state index in [-0.39, 0.29) is 25.1 Å². The maximum atomic E-state index is 13.3. The second kappa shape index (κ2) is 15.2. The molecule has 3 atom stereocenters. The zero-order valence-electron chi connectivity index (χ0n) is 20.8. The predicted octanol–water partition coefficient (Wildman–Crippen LogP) is 5.11. The molecule has 0 aromatic carbocycles. The number of carbonyl (C=O) groups is 3. The van der Waals surface area contributed by atoms with Gasteiger partial charge in [-0.25, -0.2) is 4.79 Å². The van der Waals surface area contributed by atoms with Crippen LogP contribution in [0.25, 0.3) is 0 Å². The van der Waals surface area contributed by atoms with Gasteiger partial charge in [-0.15, -0.1) is 0 Å². The molecule has 6 nitrogen and oxygen atoms in total. The standard InChI is InChI=1S/C22H41N3O3.C2H6.H2/c1-7-9-13-23-22(28)25-14-10-12-18(25)21(27)24(6)19(15-16(3)4)20(26)17(5)11-8-2;1-2;/h16-19H,7-15H2,1-6H3,(H,23,28);1-2H3;1H/t17?,18-,19+;;/m0../s1. The lowest BCUT2D eigenvalue weighted by Crippen LogP contribution is -2.54. The molecule has 1 N–H and O–H groups in total. The van der Waals surface area contributed by atoms with E-state index in [1.165, 1.54) is 0 Å². The zero-order chi connectivity index (χ0) is 23.3. The van der Waals surface area contributed by atoms with Crippen LogP contribution in [0.2, 0.25) is 0 Å². The van der Waals surface area contributed by atoms with E-state index in [9.17, 15) is 14.4 Å². The van der Waals surface area contributed by atoms with Gasteiger partial charge in [-0.05, 0) is 38.0 Å². The summed E-state index contributed by atoms with van der Waals surface area (Å²) in [6.07, 6.45) is 5.87. The average Bonchev–Trinajstić information content (AvgIpc) is 3.22. The van der Waals surface area contributed by atoms with Crippen LogP contribution in [0.1, 0.15) is 94.8 Å². The van der Waals surface area contributed by atoms with E-state index in [1.807, 2.05) is 20.8 Å². The van der Waals surface area contributed by atoms with Crippen LogP contribution in [0.3, 0.4) is 0 Å². The number of likely N-dealkylation sites (N-methyl/N-ethyl adjacent to an activating group) is 1. The molecule has 0 radical (unpaired) electrons. The number of unbranched alkanes of at least 4 members (excludes halogenated alkanes) is 1. The zero-order valence-corrected chi connectivity index (χ0v) is 20.8. The Balaban J connectivity index is 0. The minimum absolute atomic E-state index is 0. The lowest BCUT2D eigenvalue weighted by atomic mass is 9.89. The molecule has 1 unspecified atom stereocenters. The summed E-state index contributed by atoms with van der Waals surface area (Å²) < 4.78 is 0. The molecule has 0 aromatic rings. The Labute approximate surface area is 186 Å². The Hall–Kier alpha value is -1.59. The summed E-state index contributed by atoms with van der Waals surface area (Å²) in [5.74, 6) is 0.297. The van der Waals surface area contributed by atoms with Crippen LogP contribution in [0.4, 0.5) is 4.79 Å². The third-order valence-electron chi connectivity index (χ3n) is 5.65. The molecular formula is C24H49N3O3. The number of nitrogens with zero attached hydrogens (tertiary/aromatic N) is 2. The molecule has 0 aromatic heterocycles. The number of ketones is 1. The number of nitrogens with one attached hydrogen (secondary N) is 1. The van der Waals surface area contributed by atoms with Crippen molar-refractivity contribution in [3.63, 3.8) is 0 Å². The van der Waals surface area contributed by atoms with E-state index in [2.05, 4.69) is 33.0 Å². The van der Waals surface area contributed by atoms with Crippen LogP contribution in [-0.4, -0.2) is 59.7 Å². The highest BCUT2D eigenvalue weighted by atomic mass is 16.2. The summed E-state index contributed by atoms with van der Waals surface area (Å²) in [6.45, 7) is 15.5. The molecule has 1 aliphatic heterocycles. The fraction of sp³-hybridized carbons (Fsp3) is 0.875. The first-order chi connectivity index (χ1) is 14.2. The van der Waals surface area contributed by atoms with Crippen molar-refractivity contribution in [3.8, 4) is 0 Å². The highest BCUT2D eigenvalue weighted by Gasteiger charge is 2.39. The minimum Gasteiger partial charge on any atom is -0.338 e. The number of amides is 3. The van der Waals surface area contributed by atoms with Crippen molar-refractivity contribution >= 4 is 17.7 Å². The molecule has 3 amide bonds. The van der Waals surface area contributed by atoms with Crippen LogP contribution in [-0.2, 0) is 9.59 Å². The molecule has 6 heteroatoms. The Morgan fingerprint density at radius 1 is 1.13 bits per heavy atom. The lowest BCUT2D eigenvalue weighted by Gasteiger charge is -2.34. The number of hydrogen-bond donors (Lipinski definition) is 1. The Bertz CT molecular complexity index is 528. The van der Waals surface area contributed by atoms with Gasteiger partial charge >= 0.3 is 6.03 Å². The van der Waals surface area contributed by atoms with Gasteiger partial charge in [0, 0.05) is 27.5 Å². The molecule has 1 aliphatic rings. The van der Waals surface area contributed by atoms with E-state index in [4.69, 9.17) is 0 Å². The Kier molecular flexibility index (Phi) is 14.4. The number of hydrogen-bond acceptors (Lipinski definition) is 3. The monoisotopic (exact) mass is 427 g/mol. The Morgan fingerprint density at radius 2 is 1.77 bits per heavy atom. The third kappa shape index (κ3) is 8.65. The van der Waals surface area contributed by atoms with Crippen molar-refractivity contribution in [1.82, 2.24) is 15.1 Å². The van der Waals surface area contributed by atoms with Crippen molar-refractivity contribution < 1.29 is 15.8 Å². The smallest absolute Gasteiger partial charge is 0.318 e. The highest BCUT2D eigenvalue weighted by molar-refractivity contribution is 5.93. The maximum absolute atomic E-state index is 13.3. The quantitative estimate of drug-likeness (QED) is 0.466. The number of urea groups is 1. The van der Waals surface area contributed by atoms with Gasteiger partial charge in [-0.2, -0.15) is 0 Å². The van der Waals surface area contributed by atoms with Crippen molar-refractivity contribution in [2.45, 2.75) is 105 Å². The lowest BCUT2D eigenvalue weighted by molar-refractivity contribution is -0.142. The molecule has 0 aliphatic carbocycles. The molecule has 178 valence electrons. The number of likely N-dealkylation sites (tertiary alicyclic amines) is 1. The first-order valence-corrected chi connectivity index (χ1v) is 12.1. The van der Waals surface area contributed by atoms with E-state index in [0.29, 0.717) is 31.8 Å². The molecule has 1 heterocycles. The topological polar surface area (TPSA) is 69.7 Å². The van der Waals surface area contributed by atoms with Crippen LogP contribution in [0.5, 0.6) is 0 Å². The van der Waals surface area contributed by atoms with Gasteiger partial charge in [0.1, 0.15) is 6.04 Å². The normalized spacial score (nSPS) is 17.8. The van der Waals surface area contributed by atoms with Gasteiger partial charge in [0.15, 0.2) is 5.78 Å². The van der Waals surface area contributed by atoms with Gasteiger partial charge in [0.2, 0.25) is 5.91 Å². The van der Waals surface area contributed by atoms with E-state index in [0.717, 1.165) is 32.1 Å². The van der Waals surface area contributed by atoms with E-state index < -0.39 is 12.1 Å². The first-order valence-electron chi connectivity index (χ1n) is 12.1. The second-order valence-electron chi connectivity index (χ2n) is 8.62. The van der Waals surface area contributed by atoms with Gasteiger partial charge < -0.3 is 15.1 Å². The maximum Gasteiger partial charge on any atom is 0.318 e. The first kappa shape index (κ1) is 28.4. The molecule has 30 heavy (non-hydrogen) atoms. The fourth-order valence-corrected chi connectivity index (χ4v) is 3.94. The molecule has 0 spiro atoms. The van der Waals surface area contributed by atoms with Gasteiger partial charge in [0.25, 0.3) is 0 Å². The largest absolute Gasteiger partial charge is 0.338 e. The van der Waals surface area contributed by atoms with Crippen LogP contribution in [0.15, 0.2) is 0 Å².